The minimum atomic E-state index is -0.534. The lowest BCUT2D eigenvalue weighted by Crippen LogP contribution is -2.49. The first kappa shape index (κ1) is 31.5. The van der Waals surface area contributed by atoms with Crippen LogP contribution in [-0.4, -0.2) is 16.7 Å². The second-order valence-electron chi connectivity index (χ2n) is 14.5. The molecule has 2 aliphatic rings. The van der Waals surface area contributed by atoms with E-state index in [4.69, 9.17) is 4.98 Å². The molecule has 0 spiro atoms. The number of anilines is 3. The van der Waals surface area contributed by atoms with Crippen molar-refractivity contribution in [1.29, 1.82) is 0 Å². The molecule has 7 aromatic carbocycles. The van der Waals surface area contributed by atoms with Crippen molar-refractivity contribution >= 4 is 51.1 Å². The molecule has 0 atom stereocenters. The van der Waals surface area contributed by atoms with Gasteiger partial charge in [0.2, 0.25) is 6.71 Å². The molecule has 55 heavy (non-hydrogen) atoms. The van der Waals surface area contributed by atoms with Crippen molar-refractivity contribution in [2.45, 2.75) is 5.41 Å². The maximum atomic E-state index is 5.28. The van der Waals surface area contributed by atoms with Gasteiger partial charge in [0.05, 0.1) is 28.0 Å². The lowest BCUT2D eigenvalue weighted by atomic mass is 9.39. The number of aromatic nitrogens is 2. The fourth-order valence-electron chi connectivity index (χ4n) is 9.39. The molecule has 4 heteroatoms. The van der Waals surface area contributed by atoms with Crippen LogP contribution >= 0.6 is 0 Å². The minimum Gasteiger partial charge on any atom is -0.310 e. The molecule has 0 amide bonds. The number of hydrogen-bond donors (Lipinski definition) is 0. The van der Waals surface area contributed by atoms with Gasteiger partial charge in [-0.15, -0.1) is 0 Å². The van der Waals surface area contributed by atoms with E-state index in [1.165, 1.54) is 44.2 Å². The van der Waals surface area contributed by atoms with E-state index in [1.807, 2.05) is 12.4 Å². The number of nitrogens with zero attached hydrogens (tertiary/aromatic N) is 3. The lowest BCUT2D eigenvalue weighted by molar-refractivity contribution is 0.731. The molecule has 256 valence electrons. The normalized spacial score (nSPS) is 13.5. The number of fused-ring (bicyclic) bond motifs is 6. The molecule has 0 N–H and O–H groups in total. The van der Waals surface area contributed by atoms with Gasteiger partial charge in [-0.1, -0.05) is 163 Å². The highest BCUT2D eigenvalue weighted by Gasteiger charge is 2.46. The second kappa shape index (κ2) is 12.5. The van der Waals surface area contributed by atoms with Crippen LogP contribution in [0.5, 0.6) is 0 Å². The van der Waals surface area contributed by atoms with Crippen molar-refractivity contribution in [2.24, 2.45) is 0 Å². The molecular weight excluding hydrogens is 665 g/mol. The van der Waals surface area contributed by atoms with Crippen molar-refractivity contribution < 1.29 is 0 Å². The summed E-state index contributed by atoms with van der Waals surface area (Å²) >= 11 is 0. The molecule has 0 radical (unpaired) electrons. The van der Waals surface area contributed by atoms with E-state index >= 15 is 0 Å². The molecular formula is C51H34BN3. The largest absolute Gasteiger partial charge is 0.310 e. The summed E-state index contributed by atoms with van der Waals surface area (Å²) in [7, 11) is 0. The van der Waals surface area contributed by atoms with E-state index in [9.17, 15) is 0 Å². The predicted octanol–water partition coefficient (Wildman–Crippen LogP) is 9.96. The Bertz CT molecular complexity index is 2800. The Morgan fingerprint density at radius 1 is 0.473 bits per heavy atom. The third kappa shape index (κ3) is 4.78. The van der Waals surface area contributed by atoms with Crippen molar-refractivity contribution in [3.63, 3.8) is 0 Å². The van der Waals surface area contributed by atoms with Crippen LogP contribution in [-0.2, 0) is 5.41 Å². The topological polar surface area (TPSA) is 29.0 Å². The minimum absolute atomic E-state index is 0.00634. The highest BCUT2D eigenvalue weighted by atomic mass is 15.2. The van der Waals surface area contributed by atoms with E-state index in [1.54, 1.807) is 0 Å². The molecule has 2 aliphatic heterocycles. The van der Waals surface area contributed by atoms with Crippen molar-refractivity contribution in [3.05, 3.63) is 229 Å². The molecule has 0 fully saturated rings. The highest BCUT2D eigenvalue weighted by Crippen LogP contribution is 2.57. The van der Waals surface area contributed by atoms with Crippen molar-refractivity contribution in [1.82, 2.24) is 9.97 Å². The summed E-state index contributed by atoms with van der Waals surface area (Å²) in [6, 6.07) is 71.0. The quantitative estimate of drug-likeness (QED) is 0.168. The van der Waals surface area contributed by atoms with Crippen molar-refractivity contribution in [2.75, 3.05) is 4.90 Å². The SMILES string of the molecule is c1ccc(C2(c3ccccc3)c3ccccc3N(c3cc(B4c5ccccc5-c5nc6ccccc6cc54)cc(-c4ccncc4)c3)c3ccccc32)cc1. The lowest BCUT2D eigenvalue weighted by Gasteiger charge is -2.46. The molecule has 0 aliphatic carbocycles. The molecule has 11 rings (SSSR count). The molecule has 0 saturated carbocycles. The van der Waals surface area contributed by atoms with Gasteiger partial charge in [0.15, 0.2) is 0 Å². The smallest absolute Gasteiger partial charge is 0.245 e. The maximum absolute atomic E-state index is 5.28. The maximum Gasteiger partial charge on any atom is 0.245 e. The number of benzene rings is 7. The summed E-state index contributed by atoms with van der Waals surface area (Å²) in [6.07, 6.45) is 3.77. The Balaban J connectivity index is 1.20. The summed E-state index contributed by atoms with van der Waals surface area (Å²) in [5.74, 6) is 0. The first-order valence-electron chi connectivity index (χ1n) is 18.9. The zero-order chi connectivity index (χ0) is 36.3. The number of pyridine rings is 2. The second-order valence-corrected chi connectivity index (χ2v) is 14.5. The molecule has 4 heterocycles. The Morgan fingerprint density at radius 2 is 1.07 bits per heavy atom. The number of rotatable bonds is 5. The van der Waals surface area contributed by atoms with Crippen LogP contribution in [0.25, 0.3) is 33.3 Å². The number of hydrogen-bond acceptors (Lipinski definition) is 3. The van der Waals surface area contributed by atoms with Gasteiger partial charge >= 0.3 is 0 Å². The zero-order valence-corrected chi connectivity index (χ0v) is 30.0. The summed E-state index contributed by atoms with van der Waals surface area (Å²) in [6.45, 7) is 0.00634. The monoisotopic (exact) mass is 699 g/mol. The Labute approximate surface area is 321 Å². The van der Waals surface area contributed by atoms with E-state index in [2.05, 4.69) is 204 Å². The van der Waals surface area contributed by atoms with Gasteiger partial charge in [-0.3, -0.25) is 4.98 Å². The van der Waals surface area contributed by atoms with Crippen LogP contribution < -0.4 is 21.3 Å². The molecule has 0 unspecified atom stereocenters. The zero-order valence-electron chi connectivity index (χ0n) is 30.0. The fraction of sp³-hybridized carbons (Fsp3) is 0.0196. The van der Waals surface area contributed by atoms with Gasteiger partial charge in [0.1, 0.15) is 0 Å². The van der Waals surface area contributed by atoms with E-state index in [0.717, 1.165) is 44.8 Å². The van der Waals surface area contributed by atoms with Crippen LogP contribution in [0.1, 0.15) is 22.3 Å². The predicted molar refractivity (Wildman–Crippen MR) is 228 cm³/mol. The van der Waals surface area contributed by atoms with E-state index in [0.29, 0.717) is 0 Å². The Morgan fingerprint density at radius 3 is 1.78 bits per heavy atom. The average Bonchev–Trinajstić information content (AvgIpc) is 3.58. The summed E-state index contributed by atoms with van der Waals surface area (Å²) < 4.78 is 0. The highest BCUT2D eigenvalue weighted by molar-refractivity contribution is 6.99. The Hall–Kier alpha value is -7.04. The summed E-state index contributed by atoms with van der Waals surface area (Å²) in [5, 5.41) is 1.15. The van der Waals surface area contributed by atoms with E-state index < -0.39 is 5.41 Å². The van der Waals surface area contributed by atoms with Gasteiger partial charge in [0, 0.05) is 18.1 Å². The number of para-hydroxylation sites is 3. The third-order valence-corrected chi connectivity index (χ3v) is 11.6. The molecule has 0 bridgehead atoms. The molecule has 9 aromatic rings. The van der Waals surface area contributed by atoms with Gasteiger partial charge in [-0.05, 0) is 92.3 Å². The van der Waals surface area contributed by atoms with Crippen LogP contribution in [0.15, 0.2) is 207 Å². The van der Waals surface area contributed by atoms with E-state index in [-0.39, 0.29) is 6.71 Å². The fourth-order valence-corrected chi connectivity index (χ4v) is 9.39. The van der Waals surface area contributed by atoms with Crippen LogP contribution in [0.3, 0.4) is 0 Å². The van der Waals surface area contributed by atoms with Crippen LogP contribution in [0.2, 0.25) is 0 Å². The van der Waals surface area contributed by atoms with Gasteiger partial charge < -0.3 is 4.90 Å². The average molecular weight is 700 g/mol. The van der Waals surface area contributed by atoms with Gasteiger partial charge in [-0.25, -0.2) is 4.98 Å². The van der Waals surface area contributed by atoms with Crippen molar-refractivity contribution in [3.8, 4) is 22.4 Å². The third-order valence-electron chi connectivity index (χ3n) is 11.6. The molecule has 3 nitrogen and oxygen atoms in total. The first-order chi connectivity index (χ1) is 27.3. The standard InChI is InChI=1S/C51H34BN3/c1-3-16-38(17-4-1)51(39-18-5-2-6-19-39)43-21-9-13-25-48(43)55(49-26-14-10-22-44(49)51)41-32-37(35-27-29-53-30-28-35)31-40(34-41)52-45-23-11-8-20-42(45)50-46(52)33-36-15-7-12-24-47(36)54-50/h1-34H. The summed E-state index contributed by atoms with van der Waals surface area (Å²) in [4.78, 5) is 12.2. The first-order valence-corrected chi connectivity index (χ1v) is 18.9. The van der Waals surface area contributed by atoms with Gasteiger partial charge in [0.25, 0.3) is 0 Å². The Kier molecular flexibility index (Phi) is 7.18. The molecule has 2 aromatic heterocycles. The van der Waals surface area contributed by atoms with Crippen LogP contribution in [0.4, 0.5) is 17.1 Å². The summed E-state index contributed by atoms with van der Waals surface area (Å²) in [5.41, 5.74) is 17.2. The van der Waals surface area contributed by atoms with Crippen LogP contribution in [0, 0.1) is 0 Å². The van der Waals surface area contributed by atoms with Gasteiger partial charge in [-0.2, -0.15) is 0 Å². The molecule has 0 saturated heterocycles.